The molecular weight excluding hydrogens is 311 g/mol. The van der Waals surface area contributed by atoms with Gasteiger partial charge in [0.15, 0.2) is 0 Å². The van der Waals surface area contributed by atoms with Gasteiger partial charge in [-0.05, 0) is 34.5 Å². The SMILES string of the molecule is Cc1ccc(F)cc1Oc1cc(Br)nc(C(C)C)n1. The second kappa shape index (κ2) is 5.65. The van der Waals surface area contributed by atoms with Gasteiger partial charge in [0, 0.05) is 18.1 Å². The molecule has 0 aliphatic heterocycles. The lowest BCUT2D eigenvalue weighted by molar-refractivity contribution is 0.448. The van der Waals surface area contributed by atoms with Crippen molar-refractivity contribution in [3.8, 4) is 11.6 Å². The molecule has 0 amide bonds. The van der Waals surface area contributed by atoms with Gasteiger partial charge in [0.1, 0.15) is 22.0 Å². The first-order valence-corrected chi connectivity index (χ1v) is 6.73. The maximum Gasteiger partial charge on any atom is 0.223 e. The molecule has 0 aliphatic rings. The minimum atomic E-state index is -0.335. The third-order valence-corrected chi connectivity index (χ3v) is 2.98. The molecule has 5 heteroatoms. The van der Waals surface area contributed by atoms with Gasteiger partial charge in [-0.1, -0.05) is 19.9 Å². The Kier molecular flexibility index (Phi) is 4.14. The van der Waals surface area contributed by atoms with E-state index < -0.39 is 0 Å². The summed E-state index contributed by atoms with van der Waals surface area (Å²) in [5.41, 5.74) is 0.849. The number of aryl methyl sites for hydroxylation is 1. The van der Waals surface area contributed by atoms with Crippen molar-refractivity contribution >= 4 is 15.9 Å². The minimum Gasteiger partial charge on any atom is -0.438 e. The van der Waals surface area contributed by atoms with Gasteiger partial charge in [-0.25, -0.2) is 9.37 Å². The van der Waals surface area contributed by atoms with E-state index in [9.17, 15) is 4.39 Å². The van der Waals surface area contributed by atoms with E-state index in [4.69, 9.17) is 4.74 Å². The van der Waals surface area contributed by atoms with Crippen LogP contribution in [0.2, 0.25) is 0 Å². The van der Waals surface area contributed by atoms with Crippen LogP contribution in [0.3, 0.4) is 0 Å². The zero-order valence-corrected chi connectivity index (χ0v) is 12.5. The minimum absolute atomic E-state index is 0.188. The third kappa shape index (κ3) is 3.50. The summed E-state index contributed by atoms with van der Waals surface area (Å²) < 4.78 is 19.5. The van der Waals surface area contributed by atoms with Crippen LogP contribution in [0.5, 0.6) is 11.6 Å². The molecule has 0 atom stereocenters. The largest absolute Gasteiger partial charge is 0.438 e. The molecule has 2 rings (SSSR count). The Labute approximate surface area is 120 Å². The Bertz CT molecular complexity index is 602. The summed E-state index contributed by atoms with van der Waals surface area (Å²) in [5.74, 6) is 1.39. The number of rotatable bonds is 3. The molecule has 0 unspecified atom stereocenters. The summed E-state index contributed by atoms with van der Waals surface area (Å²) >= 11 is 3.32. The predicted molar refractivity (Wildman–Crippen MR) is 75.0 cm³/mol. The molecule has 1 aromatic heterocycles. The van der Waals surface area contributed by atoms with Crippen molar-refractivity contribution in [2.75, 3.05) is 0 Å². The molecule has 0 aliphatic carbocycles. The van der Waals surface area contributed by atoms with E-state index in [0.717, 1.165) is 5.56 Å². The van der Waals surface area contributed by atoms with E-state index in [-0.39, 0.29) is 11.7 Å². The van der Waals surface area contributed by atoms with Gasteiger partial charge < -0.3 is 4.74 Å². The number of hydrogen-bond acceptors (Lipinski definition) is 3. The number of benzene rings is 1. The highest BCUT2D eigenvalue weighted by atomic mass is 79.9. The van der Waals surface area contributed by atoms with Gasteiger partial charge in [0.05, 0.1) is 0 Å². The maximum absolute atomic E-state index is 13.2. The van der Waals surface area contributed by atoms with Crippen LogP contribution in [-0.4, -0.2) is 9.97 Å². The summed E-state index contributed by atoms with van der Waals surface area (Å²) in [6.45, 7) is 5.85. The average molecular weight is 325 g/mol. The summed E-state index contributed by atoms with van der Waals surface area (Å²) in [7, 11) is 0. The van der Waals surface area contributed by atoms with E-state index in [2.05, 4.69) is 25.9 Å². The normalized spacial score (nSPS) is 10.8. The fourth-order valence-electron chi connectivity index (χ4n) is 1.52. The number of halogens is 2. The van der Waals surface area contributed by atoms with E-state index >= 15 is 0 Å². The zero-order chi connectivity index (χ0) is 14.0. The second-order valence-electron chi connectivity index (χ2n) is 4.55. The number of ether oxygens (including phenoxy) is 1. The van der Waals surface area contributed by atoms with E-state index in [0.29, 0.717) is 22.1 Å². The van der Waals surface area contributed by atoms with Gasteiger partial charge >= 0.3 is 0 Å². The van der Waals surface area contributed by atoms with Crippen molar-refractivity contribution in [2.24, 2.45) is 0 Å². The highest BCUT2D eigenvalue weighted by molar-refractivity contribution is 9.10. The second-order valence-corrected chi connectivity index (χ2v) is 5.37. The fraction of sp³-hybridized carbons (Fsp3) is 0.286. The van der Waals surface area contributed by atoms with Gasteiger partial charge in [0.2, 0.25) is 5.88 Å². The van der Waals surface area contributed by atoms with Crippen LogP contribution >= 0.6 is 15.9 Å². The van der Waals surface area contributed by atoms with Crippen LogP contribution in [-0.2, 0) is 0 Å². The summed E-state index contributed by atoms with van der Waals surface area (Å²) in [6, 6.07) is 6.08. The molecule has 0 bridgehead atoms. The van der Waals surface area contributed by atoms with Crippen molar-refractivity contribution in [1.82, 2.24) is 9.97 Å². The molecule has 1 heterocycles. The van der Waals surface area contributed by atoms with Crippen molar-refractivity contribution < 1.29 is 9.13 Å². The first-order chi connectivity index (χ1) is 8.95. The molecule has 0 radical (unpaired) electrons. The third-order valence-electron chi connectivity index (χ3n) is 2.57. The Morgan fingerprint density at radius 3 is 2.63 bits per heavy atom. The van der Waals surface area contributed by atoms with Gasteiger partial charge in [-0.2, -0.15) is 4.98 Å². The summed E-state index contributed by atoms with van der Waals surface area (Å²) in [4.78, 5) is 8.58. The molecule has 0 saturated carbocycles. The van der Waals surface area contributed by atoms with Crippen molar-refractivity contribution in [2.45, 2.75) is 26.7 Å². The lowest BCUT2D eigenvalue weighted by atomic mass is 10.2. The van der Waals surface area contributed by atoms with E-state index in [1.807, 2.05) is 20.8 Å². The molecule has 1 aromatic carbocycles. The molecule has 3 nitrogen and oxygen atoms in total. The molecule has 100 valence electrons. The van der Waals surface area contributed by atoms with Gasteiger partial charge in [0.25, 0.3) is 0 Å². The zero-order valence-electron chi connectivity index (χ0n) is 10.9. The molecule has 0 saturated heterocycles. The smallest absolute Gasteiger partial charge is 0.223 e. The Morgan fingerprint density at radius 1 is 1.21 bits per heavy atom. The van der Waals surface area contributed by atoms with Crippen LogP contribution in [0.4, 0.5) is 4.39 Å². The van der Waals surface area contributed by atoms with Crippen LogP contribution < -0.4 is 4.74 Å². The molecule has 0 N–H and O–H groups in total. The lowest BCUT2D eigenvalue weighted by Crippen LogP contribution is -2.00. The molecule has 0 fully saturated rings. The van der Waals surface area contributed by atoms with E-state index in [1.54, 1.807) is 12.1 Å². The first-order valence-electron chi connectivity index (χ1n) is 5.94. The van der Waals surface area contributed by atoms with Crippen molar-refractivity contribution in [3.05, 3.63) is 46.1 Å². The topological polar surface area (TPSA) is 35.0 Å². The van der Waals surface area contributed by atoms with Crippen molar-refractivity contribution in [3.63, 3.8) is 0 Å². The van der Waals surface area contributed by atoms with E-state index in [1.165, 1.54) is 12.1 Å². The molecule has 0 spiro atoms. The Balaban J connectivity index is 2.35. The van der Waals surface area contributed by atoms with Crippen LogP contribution in [0.25, 0.3) is 0 Å². The van der Waals surface area contributed by atoms with Gasteiger partial charge in [-0.3, -0.25) is 0 Å². The molecule has 2 aromatic rings. The molecular formula is C14H14BrFN2O. The number of nitrogens with zero attached hydrogens (tertiary/aromatic N) is 2. The molecule has 19 heavy (non-hydrogen) atoms. The van der Waals surface area contributed by atoms with Crippen LogP contribution in [0.1, 0.15) is 31.2 Å². The monoisotopic (exact) mass is 324 g/mol. The van der Waals surface area contributed by atoms with Gasteiger partial charge in [-0.15, -0.1) is 0 Å². The Morgan fingerprint density at radius 2 is 1.95 bits per heavy atom. The Hall–Kier alpha value is -1.49. The first kappa shape index (κ1) is 13.9. The average Bonchev–Trinajstić information content (AvgIpc) is 2.33. The standard InChI is InChI=1S/C14H14BrFN2O/c1-8(2)14-17-12(15)7-13(18-14)19-11-6-10(16)5-4-9(11)3/h4-8H,1-3H3. The summed E-state index contributed by atoms with van der Waals surface area (Å²) in [5, 5.41) is 0. The fourth-order valence-corrected chi connectivity index (χ4v) is 1.90. The highest BCUT2D eigenvalue weighted by Crippen LogP contribution is 2.27. The highest BCUT2D eigenvalue weighted by Gasteiger charge is 2.10. The summed E-state index contributed by atoms with van der Waals surface area (Å²) in [6.07, 6.45) is 0. The maximum atomic E-state index is 13.2. The predicted octanol–water partition coefficient (Wildman–Crippen LogP) is 4.60. The van der Waals surface area contributed by atoms with Crippen LogP contribution in [0, 0.1) is 12.7 Å². The number of aromatic nitrogens is 2. The van der Waals surface area contributed by atoms with Crippen LogP contribution in [0.15, 0.2) is 28.9 Å². The van der Waals surface area contributed by atoms with Crippen molar-refractivity contribution in [1.29, 1.82) is 0 Å². The quantitative estimate of drug-likeness (QED) is 0.774. The number of hydrogen-bond donors (Lipinski definition) is 0. The lowest BCUT2D eigenvalue weighted by Gasteiger charge is -2.10.